The lowest BCUT2D eigenvalue weighted by molar-refractivity contribution is -0.137. The van der Waals surface area contributed by atoms with E-state index in [0.29, 0.717) is 12.1 Å². The summed E-state index contributed by atoms with van der Waals surface area (Å²) in [6.45, 7) is 1.20. The topological polar surface area (TPSA) is 69.4 Å². The Morgan fingerprint density at radius 2 is 1.89 bits per heavy atom. The summed E-state index contributed by atoms with van der Waals surface area (Å²) in [6.07, 6.45) is -5.89. The number of primary amides is 1. The maximum absolute atomic E-state index is 12.5. The number of nitrogens with two attached hydrogens (primary N) is 1. The van der Waals surface area contributed by atoms with Crippen molar-refractivity contribution in [3.05, 3.63) is 34.3 Å². The highest BCUT2D eigenvalue weighted by Gasteiger charge is 2.32. The van der Waals surface area contributed by atoms with Gasteiger partial charge in [-0.25, -0.2) is 4.79 Å². The Hall–Kier alpha value is -1.76. The summed E-state index contributed by atoms with van der Waals surface area (Å²) in [7, 11) is 0. The molecule has 0 fully saturated rings. The summed E-state index contributed by atoms with van der Waals surface area (Å²) in [5.74, 6) is -2.02. The first-order chi connectivity index (χ1) is 8.61. The smallest absolute Gasteiger partial charge is 0.416 e. The standard InChI is InChI=1S/C11H9ClF3NO3/c1-5(9(16)17)19-10(18)6-2-7(11(13,14)15)4-8(12)3-6/h2-5H,1H3,(H2,16,17)/t5-/m1/s1. The molecule has 0 saturated carbocycles. The van der Waals surface area contributed by atoms with E-state index < -0.39 is 35.3 Å². The van der Waals surface area contributed by atoms with Gasteiger partial charge in [0.15, 0.2) is 6.10 Å². The molecule has 0 aliphatic carbocycles. The fraction of sp³-hybridized carbons (Fsp3) is 0.273. The molecule has 1 aromatic rings. The van der Waals surface area contributed by atoms with Gasteiger partial charge in [-0.2, -0.15) is 13.2 Å². The van der Waals surface area contributed by atoms with Gasteiger partial charge in [-0.1, -0.05) is 11.6 Å². The molecule has 0 spiro atoms. The van der Waals surface area contributed by atoms with E-state index in [-0.39, 0.29) is 5.02 Å². The summed E-state index contributed by atoms with van der Waals surface area (Å²) in [5.41, 5.74) is 3.38. The van der Waals surface area contributed by atoms with Gasteiger partial charge in [0.05, 0.1) is 11.1 Å². The van der Waals surface area contributed by atoms with Gasteiger partial charge in [0, 0.05) is 5.02 Å². The number of carbonyl (C=O) groups is 2. The molecule has 4 nitrogen and oxygen atoms in total. The van der Waals surface area contributed by atoms with Crippen molar-refractivity contribution in [3.8, 4) is 0 Å². The third-order valence-electron chi connectivity index (χ3n) is 2.15. The number of ether oxygens (including phenoxy) is 1. The van der Waals surface area contributed by atoms with Crippen molar-refractivity contribution in [2.45, 2.75) is 19.2 Å². The predicted octanol–water partition coefficient (Wildman–Crippen LogP) is 2.39. The molecule has 0 radical (unpaired) electrons. The number of benzene rings is 1. The van der Waals surface area contributed by atoms with Gasteiger partial charge in [0.2, 0.25) is 0 Å². The van der Waals surface area contributed by atoms with Crippen LogP contribution in [0.3, 0.4) is 0 Å². The van der Waals surface area contributed by atoms with E-state index in [2.05, 4.69) is 4.74 Å². The van der Waals surface area contributed by atoms with Crippen molar-refractivity contribution in [2.75, 3.05) is 0 Å². The lowest BCUT2D eigenvalue weighted by Gasteiger charge is -2.12. The van der Waals surface area contributed by atoms with Crippen molar-refractivity contribution in [1.29, 1.82) is 0 Å². The third-order valence-corrected chi connectivity index (χ3v) is 2.36. The molecule has 0 heterocycles. The van der Waals surface area contributed by atoms with Gasteiger partial charge in [0.25, 0.3) is 5.91 Å². The van der Waals surface area contributed by atoms with Gasteiger partial charge in [-0.05, 0) is 25.1 Å². The molecule has 1 aromatic carbocycles. The Morgan fingerprint density at radius 1 is 1.32 bits per heavy atom. The summed E-state index contributed by atoms with van der Waals surface area (Å²) < 4.78 is 42.1. The average molecular weight is 296 g/mol. The fourth-order valence-corrected chi connectivity index (χ4v) is 1.39. The normalized spacial score (nSPS) is 12.9. The SMILES string of the molecule is C[C@@H](OC(=O)c1cc(Cl)cc(C(F)(F)F)c1)C(N)=O. The molecule has 0 saturated heterocycles. The van der Waals surface area contributed by atoms with E-state index in [1.807, 2.05) is 0 Å². The molecule has 0 aliphatic heterocycles. The molecule has 0 aromatic heterocycles. The zero-order valence-electron chi connectivity index (χ0n) is 9.62. The van der Waals surface area contributed by atoms with Gasteiger partial charge in [-0.15, -0.1) is 0 Å². The molecule has 0 unspecified atom stereocenters. The second kappa shape index (κ2) is 5.48. The molecule has 1 atom stereocenters. The quantitative estimate of drug-likeness (QED) is 0.871. The first-order valence-electron chi connectivity index (χ1n) is 4.99. The van der Waals surface area contributed by atoms with Crippen molar-refractivity contribution < 1.29 is 27.5 Å². The molecule has 0 aliphatic rings. The first kappa shape index (κ1) is 15.3. The lowest BCUT2D eigenvalue weighted by atomic mass is 10.1. The van der Waals surface area contributed by atoms with Crippen molar-refractivity contribution in [2.24, 2.45) is 5.73 Å². The Kier molecular flexibility index (Phi) is 4.41. The van der Waals surface area contributed by atoms with Crippen LogP contribution in [0.1, 0.15) is 22.8 Å². The summed E-state index contributed by atoms with van der Waals surface area (Å²) >= 11 is 5.50. The van der Waals surface area contributed by atoms with Crippen LogP contribution in [0, 0.1) is 0 Å². The Balaban J connectivity index is 3.04. The molecular formula is C11H9ClF3NO3. The maximum atomic E-state index is 12.5. The van der Waals surface area contributed by atoms with E-state index in [9.17, 15) is 22.8 Å². The van der Waals surface area contributed by atoms with Crippen LogP contribution in [-0.4, -0.2) is 18.0 Å². The highest BCUT2D eigenvalue weighted by molar-refractivity contribution is 6.31. The van der Waals surface area contributed by atoms with E-state index in [1.54, 1.807) is 0 Å². The van der Waals surface area contributed by atoms with Crippen LogP contribution < -0.4 is 5.73 Å². The highest BCUT2D eigenvalue weighted by atomic mass is 35.5. The molecule has 104 valence electrons. The Bertz CT molecular complexity index is 516. The second-order valence-electron chi connectivity index (χ2n) is 3.68. The molecule has 19 heavy (non-hydrogen) atoms. The molecular weight excluding hydrogens is 287 g/mol. The molecule has 2 N–H and O–H groups in total. The molecule has 8 heteroatoms. The molecule has 1 rings (SSSR count). The number of hydrogen-bond acceptors (Lipinski definition) is 3. The number of alkyl halides is 3. The third kappa shape index (κ3) is 4.13. The number of amides is 1. The number of rotatable bonds is 3. The minimum atomic E-state index is -4.64. The lowest BCUT2D eigenvalue weighted by Crippen LogP contribution is -2.30. The van der Waals surface area contributed by atoms with Gasteiger partial charge >= 0.3 is 12.1 Å². The van der Waals surface area contributed by atoms with Crippen LogP contribution >= 0.6 is 11.6 Å². The Morgan fingerprint density at radius 3 is 2.37 bits per heavy atom. The van der Waals surface area contributed by atoms with Crippen LogP contribution in [0.15, 0.2) is 18.2 Å². The van der Waals surface area contributed by atoms with Crippen LogP contribution in [0.4, 0.5) is 13.2 Å². The van der Waals surface area contributed by atoms with E-state index in [0.717, 1.165) is 6.07 Å². The van der Waals surface area contributed by atoms with Crippen molar-refractivity contribution in [3.63, 3.8) is 0 Å². The predicted molar refractivity (Wildman–Crippen MR) is 60.5 cm³/mol. The first-order valence-corrected chi connectivity index (χ1v) is 5.37. The van der Waals surface area contributed by atoms with Crippen LogP contribution in [0.2, 0.25) is 5.02 Å². The molecule has 1 amide bonds. The maximum Gasteiger partial charge on any atom is 0.416 e. The van der Waals surface area contributed by atoms with Crippen molar-refractivity contribution in [1.82, 2.24) is 0 Å². The fourth-order valence-electron chi connectivity index (χ4n) is 1.16. The van der Waals surface area contributed by atoms with Crippen LogP contribution in [0.5, 0.6) is 0 Å². The zero-order valence-corrected chi connectivity index (χ0v) is 10.4. The second-order valence-corrected chi connectivity index (χ2v) is 4.11. The van der Waals surface area contributed by atoms with E-state index in [1.165, 1.54) is 6.92 Å². The van der Waals surface area contributed by atoms with Gasteiger partial charge in [0.1, 0.15) is 0 Å². The van der Waals surface area contributed by atoms with E-state index in [4.69, 9.17) is 17.3 Å². The van der Waals surface area contributed by atoms with Crippen molar-refractivity contribution >= 4 is 23.5 Å². The average Bonchev–Trinajstić information content (AvgIpc) is 2.26. The minimum absolute atomic E-state index is 0.270. The summed E-state index contributed by atoms with van der Waals surface area (Å²) in [4.78, 5) is 22.2. The number of esters is 1. The number of carbonyl (C=O) groups excluding carboxylic acids is 2. The number of hydrogen-bond donors (Lipinski definition) is 1. The largest absolute Gasteiger partial charge is 0.449 e. The van der Waals surface area contributed by atoms with Gasteiger partial charge < -0.3 is 10.5 Å². The summed E-state index contributed by atoms with van der Waals surface area (Å²) in [6, 6.07) is 2.27. The zero-order chi connectivity index (χ0) is 14.8. The van der Waals surface area contributed by atoms with Crippen LogP contribution in [-0.2, 0) is 15.7 Å². The highest BCUT2D eigenvalue weighted by Crippen LogP contribution is 2.32. The Labute approximate surface area is 111 Å². The minimum Gasteiger partial charge on any atom is -0.449 e. The number of halogens is 4. The van der Waals surface area contributed by atoms with Gasteiger partial charge in [-0.3, -0.25) is 4.79 Å². The summed E-state index contributed by atoms with van der Waals surface area (Å²) in [5, 5.41) is -0.270. The van der Waals surface area contributed by atoms with E-state index >= 15 is 0 Å². The molecule has 0 bridgehead atoms. The monoisotopic (exact) mass is 295 g/mol. The van der Waals surface area contributed by atoms with Crippen LogP contribution in [0.25, 0.3) is 0 Å².